The minimum atomic E-state index is -0.633. The number of hydrogen-bond acceptors (Lipinski definition) is 5. The van der Waals surface area contributed by atoms with Crippen molar-refractivity contribution < 1.29 is 14.3 Å². The number of nitrogens with zero attached hydrogens (tertiary/aromatic N) is 3. The van der Waals surface area contributed by atoms with Gasteiger partial charge in [0.15, 0.2) is 0 Å². The van der Waals surface area contributed by atoms with E-state index in [4.69, 9.17) is 10.5 Å². The molecule has 2 aliphatic heterocycles. The predicted octanol–water partition coefficient (Wildman–Crippen LogP) is 0.354. The smallest absolute Gasteiger partial charge is 0.270 e. The van der Waals surface area contributed by atoms with Gasteiger partial charge in [-0.3, -0.25) is 14.6 Å². The van der Waals surface area contributed by atoms with Gasteiger partial charge in [-0.25, -0.2) is 0 Å². The Balaban J connectivity index is 1.78. The van der Waals surface area contributed by atoms with Crippen molar-refractivity contribution >= 4 is 23.2 Å². The zero-order valence-corrected chi connectivity index (χ0v) is 13.2. The number of hydrazone groups is 1. The number of benzene rings is 1. The molecule has 2 amide bonds. The summed E-state index contributed by atoms with van der Waals surface area (Å²) in [6.07, 6.45) is 0.225. The summed E-state index contributed by atoms with van der Waals surface area (Å²) >= 11 is 0. The van der Waals surface area contributed by atoms with Gasteiger partial charge in [0.2, 0.25) is 5.91 Å². The molecule has 3 rings (SSSR count). The molecule has 1 aromatic rings. The first kappa shape index (κ1) is 15.5. The first-order valence-corrected chi connectivity index (χ1v) is 7.49. The SMILES string of the molecule is COC1(C)CN(C(=O)C2=NN(c3ccccc3)[C@@H](C(N)=O)C2)C1. The summed E-state index contributed by atoms with van der Waals surface area (Å²) in [5.41, 5.74) is 6.28. The van der Waals surface area contributed by atoms with Crippen molar-refractivity contribution in [3.05, 3.63) is 30.3 Å². The Labute approximate surface area is 134 Å². The molecule has 0 bridgehead atoms. The summed E-state index contributed by atoms with van der Waals surface area (Å²) < 4.78 is 5.35. The third kappa shape index (κ3) is 2.79. The van der Waals surface area contributed by atoms with Crippen LogP contribution in [0.4, 0.5) is 5.69 Å². The minimum Gasteiger partial charge on any atom is -0.375 e. The fourth-order valence-corrected chi connectivity index (χ4v) is 2.90. The molecule has 23 heavy (non-hydrogen) atoms. The number of anilines is 1. The van der Waals surface area contributed by atoms with Crippen molar-refractivity contribution in [2.75, 3.05) is 25.2 Å². The summed E-state index contributed by atoms with van der Waals surface area (Å²) in [4.78, 5) is 25.9. The fourth-order valence-electron chi connectivity index (χ4n) is 2.90. The van der Waals surface area contributed by atoms with E-state index in [1.54, 1.807) is 12.0 Å². The summed E-state index contributed by atoms with van der Waals surface area (Å²) in [6.45, 7) is 3.00. The summed E-state index contributed by atoms with van der Waals surface area (Å²) in [6, 6.07) is 8.60. The van der Waals surface area contributed by atoms with Gasteiger partial charge in [-0.15, -0.1) is 0 Å². The molecule has 0 radical (unpaired) electrons. The molecule has 2 N–H and O–H groups in total. The normalized spacial score (nSPS) is 22.5. The molecular weight excluding hydrogens is 296 g/mol. The van der Waals surface area contributed by atoms with Crippen molar-refractivity contribution in [3.8, 4) is 0 Å². The standard InChI is InChI=1S/C16H20N4O3/c1-16(23-2)9-19(10-16)15(22)12-8-13(14(17)21)20(18-12)11-6-4-3-5-7-11/h3-7,13H,8-10H2,1-2H3,(H2,17,21)/t13-/m1/s1. The number of amides is 2. The topological polar surface area (TPSA) is 88.2 Å². The molecule has 7 heteroatoms. The van der Waals surface area contributed by atoms with E-state index in [-0.39, 0.29) is 17.9 Å². The van der Waals surface area contributed by atoms with E-state index in [9.17, 15) is 9.59 Å². The number of primary amides is 1. The molecule has 1 aromatic carbocycles. The van der Waals surface area contributed by atoms with Gasteiger partial charge in [0.25, 0.3) is 5.91 Å². The van der Waals surface area contributed by atoms with Crippen LogP contribution >= 0.6 is 0 Å². The number of hydrogen-bond donors (Lipinski definition) is 1. The number of rotatable bonds is 4. The van der Waals surface area contributed by atoms with Gasteiger partial charge < -0.3 is 15.4 Å². The molecular formula is C16H20N4O3. The number of carbonyl (C=O) groups is 2. The molecule has 1 fully saturated rings. The highest BCUT2D eigenvalue weighted by molar-refractivity contribution is 6.40. The van der Waals surface area contributed by atoms with Crippen LogP contribution in [-0.2, 0) is 14.3 Å². The van der Waals surface area contributed by atoms with Crippen LogP contribution in [-0.4, -0.2) is 54.3 Å². The second kappa shape index (κ2) is 5.66. The van der Waals surface area contributed by atoms with E-state index in [0.29, 0.717) is 18.8 Å². The van der Waals surface area contributed by atoms with Crippen LogP contribution in [0.2, 0.25) is 0 Å². The first-order valence-electron chi connectivity index (χ1n) is 7.49. The molecule has 7 nitrogen and oxygen atoms in total. The predicted molar refractivity (Wildman–Crippen MR) is 85.9 cm³/mol. The van der Waals surface area contributed by atoms with E-state index < -0.39 is 11.9 Å². The Bertz CT molecular complexity index is 653. The highest BCUT2D eigenvalue weighted by atomic mass is 16.5. The van der Waals surface area contributed by atoms with E-state index in [1.807, 2.05) is 37.3 Å². The second-order valence-corrected chi connectivity index (χ2v) is 6.16. The van der Waals surface area contributed by atoms with Gasteiger partial charge >= 0.3 is 0 Å². The maximum absolute atomic E-state index is 12.5. The highest BCUT2D eigenvalue weighted by Gasteiger charge is 2.45. The number of methoxy groups -OCH3 is 1. The summed E-state index contributed by atoms with van der Waals surface area (Å²) in [5, 5.41) is 5.89. The number of nitrogens with two attached hydrogens (primary N) is 1. The Hall–Kier alpha value is -2.41. The Kier molecular flexibility index (Phi) is 3.81. The van der Waals surface area contributed by atoms with Gasteiger partial charge in [0.1, 0.15) is 17.4 Å². The number of likely N-dealkylation sites (tertiary alicyclic amines) is 1. The Morgan fingerprint density at radius 1 is 1.30 bits per heavy atom. The van der Waals surface area contributed by atoms with Gasteiger partial charge in [-0.1, -0.05) is 18.2 Å². The Morgan fingerprint density at radius 3 is 2.52 bits per heavy atom. The zero-order valence-electron chi connectivity index (χ0n) is 13.2. The third-order valence-electron chi connectivity index (χ3n) is 4.34. The van der Waals surface area contributed by atoms with Crippen LogP contribution in [0.3, 0.4) is 0 Å². The molecule has 1 atom stereocenters. The number of carbonyl (C=O) groups excluding carboxylic acids is 2. The van der Waals surface area contributed by atoms with Crippen LogP contribution in [0, 0.1) is 0 Å². The fraction of sp³-hybridized carbons (Fsp3) is 0.438. The largest absolute Gasteiger partial charge is 0.375 e. The van der Waals surface area contributed by atoms with Crippen LogP contribution in [0.25, 0.3) is 0 Å². The van der Waals surface area contributed by atoms with Crippen molar-refractivity contribution in [1.29, 1.82) is 0 Å². The lowest BCUT2D eigenvalue weighted by atomic mass is 9.95. The maximum atomic E-state index is 12.5. The average Bonchev–Trinajstić information content (AvgIpc) is 2.97. The summed E-state index contributed by atoms with van der Waals surface area (Å²) in [5.74, 6) is -0.657. The minimum absolute atomic E-state index is 0.163. The number of ether oxygens (including phenoxy) is 1. The maximum Gasteiger partial charge on any atom is 0.270 e. The van der Waals surface area contributed by atoms with E-state index in [2.05, 4.69) is 5.10 Å². The second-order valence-electron chi connectivity index (χ2n) is 6.16. The van der Waals surface area contributed by atoms with Gasteiger partial charge in [-0.05, 0) is 19.1 Å². The monoisotopic (exact) mass is 316 g/mol. The lowest BCUT2D eigenvalue weighted by Crippen LogP contribution is -2.63. The molecule has 2 aliphatic rings. The van der Waals surface area contributed by atoms with Crippen LogP contribution < -0.4 is 10.7 Å². The van der Waals surface area contributed by atoms with E-state index in [0.717, 1.165) is 5.69 Å². The molecule has 0 saturated carbocycles. The first-order chi connectivity index (χ1) is 10.9. The quantitative estimate of drug-likeness (QED) is 0.868. The molecule has 0 unspecified atom stereocenters. The molecule has 0 spiro atoms. The molecule has 2 heterocycles. The lowest BCUT2D eigenvalue weighted by molar-refractivity contribution is -0.150. The van der Waals surface area contributed by atoms with E-state index >= 15 is 0 Å². The van der Waals surface area contributed by atoms with Gasteiger partial charge in [0.05, 0.1) is 18.8 Å². The molecule has 0 aromatic heterocycles. The van der Waals surface area contributed by atoms with Crippen molar-refractivity contribution in [2.24, 2.45) is 10.8 Å². The van der Waals surface area contributed by atoms with Gasteiger partial charge in [0, 0.05) is 13.5 Å². The molecule has 0 aliphatic carbocycles. The zero-order chi connectivity index (χ0) is 16.6. The van der Waals surface area contributed by atoms with Crippen molar-refractivity contribution in [3.63, 3.8) is 0 Å². The number of para-hydroxylation sites is 1. The van der Waals surface area contributed by atoms with Gasteiger partial charge in [-0.2, -0.15) is 5.10 Å². The van der Waals surface area contributed by atoms with Crippen LogP contribution in [0.1, 0.15) is 13.3 Å². The highest BCUT2D eigenvalue weighted by Crippen LogP contribution is 2.28. The van der Waals surface area contributed by atoms with Crippen LogP contribution in [0.15, 0.2) is 35.4 Å². The van der Waals surface area contributed by atoms with E-state index in [1.165, 1.54) is 5.01 Å². The van der Waals surface area contributed by atoms with Crippen molar-refractivity contribution in [1.82, 2.24) is 4.90 Å². The third-order valence-corrected chi connectivity index (χ3v) is 4.34. The molecule has 122 valence electrons. The average molecular weight is 316 g/mol. The van der Waals surface area contributed by atoms with Crippen LogP contribution in [0.5, 0.6) is 0 Å². The van der Waals surface area contributed by atoms with Crippen molar-refractivity contribution in [2.45, 2.75) is 25.0 Å². The summed E-state index contributed by atoms with van der Waals surface area (Å²) in [7, 11) is 1.63. The Morgan fingerprint density at radius 2 is 1.96 bits per heavy atom. The lowest BCUT2D eigenvalue weighted by Gasteiger charge is -2.46. The molecule has 1 saturated heterocycles.